The van der Waals surface area contributed by atoms with Crippen molar-refractivity contribution in [3.8, 4) is 0 Å². The summed E-state index contributed by atoms with van der Waals surface area (Å²) < 4.78 is 2.34. The van der Waals surface area contributed by atoms with E-state index in [2.05, 4.69) is 0 Å². The number of imide groups is 1. The summed E-state index contributed by atoms with van der Waals surface area (Å²) in [6.45, 7) is 4.43. The van der Waals surface area contributed by atoms with E-state index >= 15 is 0 Å². The van der Waals surface area contributed by atoms with Crippen molar-refractivity contribution >= 4 is 33.4 Å². The van der Waals surface area contributed by atoms with Crippen molar-refractivity contribution in [1.82, 2.24) is 14.0 Å². The molecule has 3 saturated carbocycles. The Balaban J connectivity index is 1.12. The minimum absolute atomic E-state index is 0.182. The van der Waals surface area contributed by atoms with E-state index in [1.807, 2.05) is 13.8 Å². The molecule has 1 aliphatic heterocycles. The van der Waals surface area contributed by atoms with Crippen molar-refractivity contribution in [1.29, 1.82) is 0 Å². The molecule has 3 fully saturated rings. The fraction of sp³-hybridized carbons (Fsp3) is 0.548. The van der Waals surface area contributed by atoms with Gasteiger partial charge in [-0.2, -0.15) is 0 Å². The minimum atomic E-state index is -0.503. The Morgan fingerprint density at radius 2 is 1.30 bits per heavy atom. The molecular formula is C31H33N3O6. The molecule has 4 aliphatic rings. The molecular weight excluding hydrogens is 510 g/mol. The average molecular weight is 544 g/mol. The molecule has 7 rings (SSSR count). The SMILES string of the molecule is CCC(C)(CC1CC2C3CC(Cn4c(=O)c5cc6c(=O)n(C)c(=O)c6cc5c4=O)C(C3)C2C1)N1C(=O)C=CC1=O. The van der Waals surface area contributed by atoms with Gasteiger partial charge in [0.2, 0.25) is 0 Å². The number of aromatic nitrogens is 2. The van der Waals surface area contributed by atoms with E-state index in [9.17, 15) is 28.8 Å². The zero-order chi connectivity index (χ0) is 28.2. The maximum atomic E-state index is 13.3. The lowest BCUT2D eigenvalue weighted by Crippen LogP contribution is -2.50. The lowest BCUT2D eigenvalue weighted by Gasteiger charge is -2.39. The maximum Gasteiger partial charge on any atom is 0.261 e. The monoisotopic (exact) mass is 543 g/mol. The van der Waals surface area contributed by atoms with Crippen molar-refractivity contribution in [2.45, 2.75) is 64.5 Å². The minimum Gasteiger partial charge on any atom is -0.277 e. The van der Waals surface area contributed by atoms with Crippen LogP contribution in [0.2, 0.25) is 0 Å². The molecule has 3 heterocycles. The molecule has 1 aromatic carbocycles. The fourth-order valence-corrected chi connectivity index (χ4v) is 9.19. The summed E-state index contributed by atoms with van der Waals surface area (Å²) in [5.41, 5.74) is -2.17. The van der Waals surface area contributed by atoms with Crippen LogP contribution in [0.4, 0.5) is 0 Å². The first-order valence-electron chi connectivity index (χ1n) is 14.4. The summed E-state index contributed by atoms with van der Waals surface area (Å²) in [6, 6.07) is 2.84. The molecule has 7 unspecified atom stereocenters. The second-order valence-corrected chi connectivity index (χ2v) is 13.1. The highest BCUT2D eigenvalue weighted by molar-refractivity contribution is 6.13. The second-order valence-electron chi connectivity index (χ2n) is 13.1. The molecule has 2 aromatic heterocycles. The fourth-order valence-electron chi connectivity index (χ4n) is 9.19. The van der Waals surface area contributed by atoms with Crippen LogP contribution >= 0.6 is 0 Å². The second kappa shape index (κ2) is 8.44. The molecule has 40 heavy (non-hydrogen) atoms. The highest BCUT2D eigenvalue weighted by Crippen LogP contribution is 2.63. The van der Waals surface area contributed by atoms with E-state index < -0.39 is 16.7 Å². The summed E-state index contributed by atoms with van der Waals surface area (Å²) in [4.78, 5) is 77.9. The molecule has 9 heteroatoms. The summed E-state index contributed by atoms with van der Waals surface area (Å²) in [7, 11) is 1.40. The topological polar surface area (TPSA) is 116 Å². The van der Waals surface area contributed by atoms with Crippen molar-refractivity contribution in [3.63, 3.8) is 0 Å². The number of carbonyl (C=O) groups is 2. The van der Waals surface area contributed by atoms with Gasteiger partial charge in [-0.25, -0.2) is 0 Å². The quantitative estimate of drug-likeness (QED) is 0.441. The predicted molar refractivity (Wildman–Crippen MR) is 150 cm³/mol. The molecule has 0 spiro atoms. The van der Waals surface area contributed by atoms with Gasteiger partial charge in [-0.3, -0.25) is 42.8 Å². The van der Waals surface area contributed by atoms with Crippen LogP contribution in [-0.4, -0.2) is 31.4 Å². The lowest BCUT2D eigenvalue weighted by molar-refractivity contribution is -0.144. The molecule has 208 valence electrons. The number of carbonyl (C=O) groups excluding carboxylic acids is 2. The van der Waals surface area contributed by atoms with E-state index in [0.717, 1.165) is 36.7 Å². The van der Waals surface area contributed by atoms with Gasteiger partial charge in [-0.15, -0.1) is 0 Å². The van der Waals surface area contributed by atoms with Gasteiger partial charge in [0, 0.05) is 31.3 Å². The van der Waals surface area contributed by atoms with Gasteiger partial charge < -0.3 is 0 Å². The molecule has 3 aromatic rings. The van der Waals surface area contributed by atoms with E-state index in [0.29, 0.717) is 42.6 Å². The molecule has 2 amide bonds. The number of hydrogen-bond acceptors (Lipinski definition) is 6. The normalized spacial score (nSPS) is 30.8. The maximum absolute atomic E-state index is 13.3. The molecule has 2 bridgehead atoms. The summed E-state index contributed by atoms with van der Waals surface area (Å²) in [5.74, 6) is 2.38. The van der Waals surface area contributed by atoms with Crippen LogP contribution in [0, 0.1) is 35.5 Å². The first-order valence-corrected chi connectivity index (χ1v) is 14.4. The Labute approximate surface area is 229 Å². The van der Waals surface area contributed by atoms with Gasteiger partial charge in [0.15, 0.2) is 0 Å². The third-order valence-electron chi connectivity index (χ3n) is 11.1. The van der Waals surface area contributed by atoms with Crippen LogP contribution in [0.1, 0.15) is 52.4 Å². The van der Waals surface area contributed by atoms with Gasteiger partial charge in [-0.1, -0.05) is 6.92 Å². The Morgan fingerprint density at radius 1 is 0.750 bits per heavy atom. The third-order valence-corrected chi connectivity index (χ3v) is 11.1. The molecule has 0 radical (unpaired) electrons. The molecule has 0 N–H and O–H groups in total. The standard InChI is InChI=1S/C31H33N3O6/c1-4-31(2,34-25(35)5-6-26(34)36)13-15-7-18-16-9-17(19(10-16)20(18)8-15)14-33-29(39)23-11-21-22(12-24(23)30(33)40)28(38)32(3)27(21)37/h5-6,11-12,15-20H,4,7-10,13-14H2,1-3H3. The first kappa shape index (κ1) is 25.4. The molecule has 7 atom stereocenters. The van der Waals surface area contributed by atoms with E-state index in [1.165, 1.54) is 40.8 Å². The van der Waals surface area contributed by atoms with Crippen LogP contribution in [0.3, 0.4) is 0 Å². The van der Waals surface area contributed by atoms with Crippen LogP contribution < -0.4 is 22.2 Å². The molecule has 9 nitrogen and oxygen atoms in total. The van der Waals surface area contributed by atoms with Crippen LogP contribution in [0.15, 0.2) is 43.5 Å². The van der Waals surface area contributed by atoms with Gasteiger partial charge >= 0.3 is 0 Å². The summed E-state index contributed by atoms with van der Waals surface area (Å²) in [6.07, 6.45) is 8.51. The average Bonchev–Trinajstić information content (AvgIpc) is 3.75. The zero-order valence-corrected chi connectivity index (χ0v) is 23.0. The van der Waals surface area contributed by atoms with Crippen LogP contribution in [-0.2, 0) is 23.2 Å². The number of hydrogen-bond donors (Lipinski definition) is 0. The Bertz CT molecular complexity index is 1760. The first-order chi connectivity index (χ1) is 19.0. The highest BCUT2D eigenvalue weighted by Gasteiger charge is 2.56. The third kappa shape index (κ3) is 3.32. The van der Waals surface area contributed by atoms with Gasteiger partial charge in [0.25, 0.3) is 34.1 Å². The lowest BCUT2D eigenvalue weighted by atomic mass is 9.75. The Morgan fingerprint density at radius 3 is 1.88 bits per heavy atom. The molecule has 3 aliphatic carbocycles. The smallest absolute Gasteiger partial charge is 0.261 e. The van der Waals surface area contributed by atoms with Crippen molar-refractivity contribution in [3.05, 3.63) is 65.7 Å². The van der Waals surface area contributed by atoms with Gasteiger partial charge in [0.05, 0.1) is 21.5 Å². The Hall–Kier alpha value is -3.62. The van der Waals surface area contributed by atoms with E-state index in [1.54, 1.807) is 0 Å². The number of rotatable bonds is 6. The predicted octanol–water partition coefficient (Wildman–Crippen LogP) is 2.23. The largest absolute Gasteiger partial charge is 0.277 e. The highest BCUT2D eigenvalue weighted by atomic mass is 16.2. The number of nitrogens with zero attached hydrogens (tertiary/aromatic N) is 3. The van der Waals surface area contributed by atoms with E-state index in [4.69, 9.17) is 0 Å². The van der Waals surface area contributed by atoms with Crippen molar-refractivity contribution in [2.75, 3.05) is 0 Å². The van der Waals surface area contributed by atoms with Crippen LogP contribution in [0.5, 0.6) is 0 Å². The van der Waals surface area contributed by atoms with Gasteiger partial charge in [-0.05, 0) is 93.1 Å². The summed E-state index contributed by atoms with van der Waals surface area (Å²) >= 11 is 0. The number of benzene rings is 1. The number of amides is 2. The van der Waals surface area contributed by atoms with Gasteiger partial charge in [0.1, 0.15) is 0 Å². The molecule has 0 saturated heterocycles. The zero-order valence-electron chi connectivity index (χ0n) is 23.0. The Kier molecular flexibility index (Phi) is 5.35. The van der Waals surface area contributed by atoms with Crippen LogP contribution in [0.25, 0.3) is 21.5 Å². The summed E-state index contributed by atoms with van der Waals surface area (Å²) in [5, 5.41) is 0.783. The number of fused-ring (bicyclic) bond motifs is 7. The van der Waals surface area contributed by atoms with Crippen molar-refractivity contribution < 1.29 is 9.59 Å². The van der Waals surface area contributed by atoms with E-state index in [-0.39, 0.29) is 50.4 Å². The van der Waals surface area contributed by atoms with Crippen molar-refractivity contribution in [2.24, 2.45) is 42.6 Å².